The van der Waals surface area contributed by atoms with Gasteiger partial charge in [-0.15, -0.1) is 0 Å². The van der Waals surface area contributed by atoms with Crippen LogP contribution in [0.2, 0.25) is 0 Å². The maximum absolute atomic E-state index is 10.2. The number of nitriles is 1. The molecule has 0 heterocycles. The summed E-state index contributed by atoms with van der Waals surface area (Å²) in [5, 5.41) is 11.4. The van der Waals surface area contributed by atoms with Gasteiger partial charge in [-0.25, -0.2) is 0 Å². The lowest BCUT2D eigenvalue weighted by Crippen LogP contribution is -2.08. The van der Waals surface area contributed by atoms with E-state index in [2.05, 4.69) is 12.2 Å². The van der Waals surface area contributed by atoms with E-state index in [1.54, 1.807) is 6.07 Å². The first-order valence-electron chi connectivity index (χ1n) is 5.64. The highest BCUT2D eigenvalue weighted by Gasteiger charge is 1.91. The Hall–Kier alpha value is -1.30. The monoisotopic (exact) mass is 208 g/mol. The molecule has 0 aromatic heterocycles. The molecule has 0 unspecified atom stereocenters. The summed E-state index contributed by atoms with van der Waals surface area (Å²) in [6.45, 7) is 3.04. The molecule has 0 aliphatic carbocycles. The van der Waals surface area contributed by atoms with Crippen LogP contribution in [0.4, 0.5) is 0 Å². The minimum atomic E-state index is 0.154. The zero-order valence-electron chi connectivity index (χ0n) is 9.46. The fourth-order valence-corrected chi connectivity index (χ4v) is 1.28. The molecule has 0 aromatic rings. The largest absolute Gasteiger partial charge is 0.390 e. The molecule has 1 N–H and O–H groups in total. The number of carbonyl (C=O) groups is 1. The number of unbranched alkanes of at least 4 members (excludes halogenated alkanes) is 5. The molecule has 0 rings (SSSR count). The average molecular weight is 208 g/mol. The van der Waals surface area contributed by atoms with E-state index in [0.29, 0.717) is 6.29 Å². The van der Waals surface area contributed by atoms with E-state index in [9.17, 15) is 4.79 Å². The van der Waals surface area contributed by atoms with Gasteiger partial charge in [-0.2, -0.15) is 5.26 Å². The topological polar surface area (TPSA) is 52.9 Å². The molecule has 3 nitrogen and oxygen atoms in total. The van der Waals surface area contributed by atoms with E-state index in [0.717, 1.165) is 13.0 Å². The van der Waals surface area contributed by atoms with Gasteiger partial charge in [0.1, 0.15) is 11.6 Å². The predicted octanol–water partition coefficient (Wildman–Crippen LogP) is 2.54. The van der Waals surface area contributed by atoms with Gasteiger partial charge in [-0.3, -0.25) is 4.79 Å². The van der Waals surface area contributed by atoms with Crippen LogP contribution in [0.25, 0.3) is 0 Å². The van der Waals surface area contributed by atoms with Crippen molar-refractivity contribution in [2.24, 2.45) is 0 Å². The van der Waals surface area contributed by atoms with E-state index in [4.69, 9.17) is 5.26 Å². The molecule has 15 heavy (non-hydrogen) atoms. The van der Waals surface area contributed by atoms with Crippen LogP contribution in [0.1, 0.15) is 45.4 Å². The summed E-state index contributed by atoms with van der Waals surface area (Å²) in [6, 6.07) is 1.80. The maximum Gasteiger partial charge on any atom is 0.162 e. The maximum atomic E-state index is 10.2. The van der Waals surface area contributed by atoms with E-state index in [1.165, 1.54) is 38.3 Å². The summed E-state index contributed by atoms with van der Waals surface area (Å²) in [6.07, 6.45) is 9.53. The Kier molecular flexibility index (Phi) is 9.84. The number of nitrogens with zero attached hydrogens (tertiary/aromatic N) is 1. The summed E-state index contributed by atoms with van der Waals surface area (Å²) in [7, 11) is 0. The van der Waals surface area contributed by atoms with Crippen molar-refractivity contribution in [1.29, 1.82) is 5.26 Å². The third-order valence-electron chi connectivity index (χ3n) is 2.19. The van der Waals surface area contributed by atoms with Crippen LogP contribution >= 0.6 is 0 Å². The molecule has 0 amide bonds. The number of hydrogen-bond acceptors (Lipinski definition) is 3. The number of hydrogen-bond donors (Lipinski definition) is 1. The number of nitrogens with one attached hydrogen (secondary N) is 1. The third-order valence-corrected chi connectivity index (χ3v) is 2.19. The van der Waals surface area contributed by atoms with Crippen LogP contribution in [0.3, 0.4) is 0 Å². The Bertz CT molecular complexity index is 228. The van der Waals surface area contributed by atoms with Crippen LogP contribution in [-0.4, -0.2) is 12.8 Å². The summed E-state index contributed by atoms with van der Waals surface area (Å²) >= 11 is 0. The lowest BCUT2D eigenvalue weighted by molar-refractivity contribution is -0.104. The second-order valence-corrected chi connectivity index (χ2v) is 3.55. The van der Waals surface area contributed by atoms with E-state index >= 15 is 0 Å². The lowest BCUT2D eigenvalue weighted by Gasteiger charge is -2.01. The zero-order valence-corrected chi connectivity index (χ0v) is 9.46. The predicted molar refractivity (Wildman–Crippen MR) is 61.1 cm³/mol. The quantitative estimate of drug-likeness (QED) is 0.274. The number of aldehydes is 1. The van der Waals surface area contributed by atoms with Crippen LogP contribution in [0.15, 0.2) is 11.8 Å². The first-order valence-corrected chi connectivity index (χ1v) is 5.64. The molecule has 84 valence electrons. The lowest BCUT2D eigenvalue weighted by atomic mass is 10.1. The van der Waals surface area contributed by atoms with Crippen LogP contribution in [0.5, 0.6) is 0 Å². The molecule has 0 bridgehead atoms. The fraction of sp³-hybridized carbons (Fsp3) is 0.667. The van der Waals surface area contributed by atoms with Crippen molar-refractivity contribution in [2.75, 3.05) is 6.54 Å². The van der Waals surface area contributed by atoms with Crippen molar-refractivity contribution in [2.45, 2.75) is 45.4 Å². The number of allylic oxidation sites excluding steroid dienone is 1. The standard InChI is InChI=1S/C12H20N2O/c1-2-3-4-5-6-7-8-14-10-12(9-13)11-15/h10-11,14H,2-8H2,1H3. The summed E-state index contributed by atoms with van der Waals surface area (Å²) < 4.78 is 0. The van der Waals surface area contributed by atoms with E-state index in [-0.39, 0.29) is 5.57 Å². The third kappa shape index (κ3) is 9.01. The van der Waals surface area contributed by atoms with Gasteiger partial charge in [-0.1, -0.05) is 39.0 Å². The minimum Gasteiger partial charge on any atom is -0.390 e. The highest BCUT2D eigenvalue weighted by molar-refractivity contribution is 5.78. The molecule has 0 spiro atoms. The van der Waals surface area contributed by atoms with Gasteiger partial charge in [0.15, 0.2) is 6.29 Å². The van der Waals surface area contributed by atoms with Crippen molar-refractivity contribution in [3.63, 3.8) is 0 Å². The van der Waals surface area contributed by atoms with Gasteiger partial charge in [0.25, 0.3) is 0 Å². The molecular formula is C12H20N2O. The normalized spacial score (nSPS) is 10.8. The Morgan fingerprint density at radius 2 is 1.93 bits per heavy atom. The molecule has 0 atom stereocenters. The molecule has 0 radical (unpaired) electrons. The van der Waals surface area contributed by atoms with Crippen molar-refractivity contribution < 1.29 is 4.79 Å². The van der Waals surface area contributed by atoms with E-state index in [1.807, 2.05) is 0 Å². The highest BCUT2D eigenvalue weighted by atomic mass is 16.1. The number of rotatable bonds is 9. The summed E-state index contributed by atoms with van der Waals surface area (Å²) in [5.41, 5.74) is 0.154. The fourth-order valence-electron chi connectivity index (χ4n) is 1.28. The first-order chi connectivity index (χ1) is 7.35. The molecule has 0 aliphatic rings. The van der Waals surface area contributed by atoms with Gasteiger partial charge in [0.2, 0.25) is 0 Å². The summed E-state index contributed by atoms with van der Waals surface area (Å²) in [5.74, 6) is 0. The Balaban J connectivity index is 3.28. The minimum absolute atomic E-state index is 0.154. The molecule has 0 saturated carbocycles. The van der Waals surface area contributed by atoms with Gasteiger partial charge >= 0.3 is 0 Å². The Morgan fingerprint density at radius 3 is 2.53 bits per heavy atom. The molecule has 0 fully saturated rings. The highest BCUT2D eigenvalue weighted by Crippen LogP contribution is 2.03. The molecule has 3 heteroatoms. The van der Waals surface area contributed by atoms with Crippen LogP contribution < -0.4 is 5.32 Å². The van der Waals surface area contributed by atoms with Crippen LogP contribution in [-0.2, 0) is 4.79 Å². The van der Waals surface area contributed by atoms with Crippen molar-refractivity contribution in [3.8, 4) is 6.07 Å². The van der Waals surface area contributed by atoms with Gasteiger partial charge in [0.05, 0.1) is 0 Å². The molecule has 0 saturated heterocycles. The van der Waals surface area contributed by atoms with Crippen molar-refractivity contribution >= 4 is 6.29 Å². The average Bonchev–Trinajstić information content (AvgIpc) is 2.27. The van der Waals surface area contributed by atoms with Gasteiger partial charge in [-0.05, 0) is 6.42 Å². The van der Waals surface area contributed by atoms with Crippen molar-refractivity contribution in [1.82, 2.24) is 5.32 Å². The number of carbonyl (C=O) groups excluding carboxylic acids is 1. The van der Waals surface area contributed by atoms with Gasteiger partial charge < -0.3 is 5.32 Å². The molecule has 0 aliphatic heterocycles. The smallest absolute Gasteiger partial charge is 0.162 e. The second-order valence-electron chi connectivity index (χ2n) is 3.55. The Labute approximate surface area is 92.2 Å². The molecular weight excluding hydrogens is 188 g/mol. The zero-order chi connectivity index (χ0) is 11.4. The summed E-state index contributed by atoms with van der Waals surface area (Å²) in [4.78, 5) is 10.2. The second kappa shape index (κ2) is 10.8. The SMILES string of the molecule is CCCCCCCCNC=C(C#N)C=O. The first kappa shape index (κ1) is 13.7. The molecule has 0 aromatic carbocycles. The van der Waals surface area contributed by atoms with Gasteiger partial charge in [0, 0.05) is 12.7 Å². The Morgan fingerprint density at radius 1 is 1.27 bits per heavy atom. The van der Waals surface area contributed by atoms with Crippen molar-refractivity contribution in [3.05, 3.63) is 11.8 Å². The van der Waals surface area contributed by atoms with Crippen LogP contribution in [0, 0.1) is 11.3 Å². The van der Waals surface area contributed by atoms with E-state index < -0.39 is 0 Å².